The molecule has 0 aromatic carbocycles. The maximum atomic E-state index is 12.0. The van der Waals surface area contributed by atoms with Crippen LogP contribution in [-0.4, -0.2) is 52.7 Å². The summed E-state index contributed by atoms with van der Waals surface area (Å²) in [5.41, 5.74) is 2.09. The van der Waals surface area contributed by atoms with Crippen molar-refractivity contribution in [2.75, 3.05) is 37.7 Å². The fraction of sp³-hybridized carbons (Fsp3) is 0.700. The van der Waals surface area contributed by atoms with Gasteiger partial charge in [-0.3, -0.25) is 9.00 Å². The highest BCUT2D eigenvalue weighted by atomic mass is 32.2. The van der Waals surface area contributed by atoms with Crippen LogP contribution in [0.15, 0.2) is 11.1 Å². The van der Waals surface area contributed by atoms with E-state index in [1.54, 1.807) is 0 Å². The van der Waals surface area contributed by atoms with E-state index in [2.05, 4.69) is 5.32 Å². The minimum absolute atomic E-state index is 0.128. The van der Waals surface area contributed by atoms with E-state index in [0.29, 0.717) is 24.6 Å². The van der Waals surface area contributed by atoms with Gasteiger partial charge in [-0.1, -0.05) is 0 Å². The van der Waals surface area contributed by atoms with E-state index < -0.39 is 10.8 Å². The summed E-state index contributed by atoms with van der Waals surface area (Å²) in [6, 6.07) is 0. The van der Waals surface area contributed by atoms with Gasteiger partial charge in [0.05, 0.1) is 0 Å². The molecule has 0 atom stereocenters. The quantitative estimate of drug-likeness (QED) is 0.615. The van der Waals surface area contributed by atoms with Gasteiger partial charge in [-0.15, -0.1) is 0 Å². The van der Waals surface area contributed by atoms with Gasteiger partial charge < -0.3 is 10.2 Å². The Morgan fingerprint density at radius 3 is 2.40 bits per heavy atom. The number of nitrogens with zero attached hydrogens (tertiary/aromatic N) is 1. The standard InChI is InChI=1S/C10H16N2O2S/c1-8(9-6-11-7-9)10(13)12-2-4-15(14)5-3-12/h11H,2-7H2,1H3. The van der Waals surface area contributed by atoms with Crippen LogP contribution in [-0.2, 0) is 15.6 Å². The molecule has 0 unspecified atom stereocenters. The van der Waals surface area contributed by atoms with Crippen LogP contribution in [0.4, 0.5) is 0 Å². The molecule has 15 heavy (non-hydrogen) atoms. The third kappa shape index (κ3) is 2.29. The van der Waals surface area contributed by atoms with Crippen LogP contribution in [0, 0.1) is 0 Å². The smallest absolute Gasteiger partial charge is 0.249 e. The molecule has 2 heterocycles. The van der Waals surface area contributed by atoms with E-state index in [1.165, 1.54) is 5.57 Å². The summed E-state index contributed by atoms with van der Waals surface area (Å²) in [6.45, 7) is 4.87. The minimum Gasteiger partial charge on any atom is -0.337 e. The molecule has 0 radical (unpaired) electrons. The van der Waals surface area contributed by atoms with Crippen molar-refractivity contribution in [3.63, 3.8) is 0 Å². The second-order valence-corrected chi connectivity index (χ2v) is 5.67. The monoisotopic (exact) mass is 228 g/mol. The first-order valence-corrected chi connectivity index (χ1v) is 6.71. The van der Waals surface area contributed by atoms with Gasteiger partial charge in [0, 0.05) is 54.1 Å². The Bertz CT molecular complexity index is 322. The Kier molecular flexibility index (Phi) is 3.21. The van der Waals surface area contributed by atoms with Gasteiger partial charge in [0.1, 0.15) is 0 Å². The van der Waals surface area contributed by atoms with Crippen molar-refractivity contribution in [2.45, 2.75) is 6.92 Å². The lowest BCUT2D eigenvalue weighted by atomic mass is 10.0. The van der Waals surface area contributed by atoms with Crippen LogP contribution >= 0.6 is 0 Å². The van der Waals surface area contributed by atoms with Crippen LogP contribution in [0.25, 0.3) is 0 Å². The van der Waals surface area contributed by atoms with Gasteiger partial charge in [0.25, 0.3) is 0 Å². The summed E-state index contributed by atoms with van der Waals surface area (Å²) in [5, 5.41) is 3.13. The largest absolute Gasteiger partial charge is 0.337 e. The highest BCUT2D eigenvalue weighted by Crippen LogP contribution is 2.13. The van der Waals surface area contributed by atoms with E-state index in [0.717, 1.165) is 18.7 Å². The summed E-state index contributed by atoms with van der Waals surface area (Å²) in [7, 11) is -0.711. The first-order valence-electron chi connectivity index (χ1n) is 5.22. The first-order chi connectivity index (χ1) is 7.18. The molecule has 2 aliphatic heterocycles. The highest BCUT2D eigenvalue weighted by molar-refractivity contribution is 7.85. The number of carbonyl (C=O) groups excluding carboxylic acids is 1. The van der Waals surface area contributed by atoms with Crippen molar-refractivity contribution in [1.29, 1.82) is 0 Å². The van der Waals surface area contributed by atoms with Gasteiger partial charge in [0.2, 0.25) is 5.91 Å². The van der Waals surface area contributed by atoms with Gasteiger partial charge in [-0.25, -0.2) is 0 Å². The fourth-order valence-corrected chi connectivity index (χ4v) is 2.80. The zero-order valence-electron chi connectivity index (χ0n) is 8.91. The average molecular weight is 228 g/mol. The lowest BCUT2D eigenvalue weighted by molar-refractivity contribution is -0.126. The predicted octanol–water partition coefficient (Wildman–Crippen LogP) is -0.503. The van der Waals surface area contributed by atoms with Crippen molar-refractivity contribution < 1.29 is 9.00 Å². The fourth-order valence-electron chi connectivity index (χ4n) is 1.74. The molecule has 1 amide bonds. The first kappa shape index (κ1) is 10.8. The zero-order valence-corrected chi connectivity index (χ0v) is 9.73. The Morgan fingerprint density at radius 2 is 1.93 bits per heavy atom. The topological polar surface area (TPSA) is 49.4 Å². The van der Waals surface area contributed by atoms with E-state index in [4.69, 9.17) is 0 Å². The number of hydrogen-bond acceptors (Lipinski definition) is 3. The summed E-state index contributed by atoms with van der Waals surface area (Å²) >= 11 is 0. The van der Waals surface area contributed by atoms with Gasteiger partial charge >= 0.3 is 0 Å². The van der Waals surface area contributed by atoms with E-state index in [-0.39, 0.29) is 5.91 Å². The molecule has 0 aliphatic carbocycles. The van der Waals surface area contributed by atoms with E-state index in [1.807, 2.05) is 11.8 Å². The molecular weight excluding hydrogens is 212 g/mol. The number of carbonyl (C=O) groups is 1. The average Bonchev–Trinajstić information content (AvgIpc) is 2.15. The van der Waals surface area contributed by atoms with E-state index >= 15 is 0 Å². The number of amides is 1. The molecule has 4 nitrogen and oxygen atoms in total. The van der Waals surface area contributed by atoms with Crippen molar-refractivity contribution in [3.05, 3.63) is 11.1 Å². The Morgan fingerprint density at radius 1 is 1.33 bits per heavy atom. The maximum absolute atomic E-state index is 12.0. The van der Waals surface area contributed by atoms with Crippen LogP contribution in [0.1, 0.15) is 6.92 Å². The van der Waals surface area contributed by atoms with Crippen molar-refractivity contribution in [3.8, 4) is 0 Å². The number of rotatable bonds is 1. The third-order valence-electron chi connectivity index (χ3n) is 2.99. The number of nitrogens with one attached hydrogen (secondary N) is 1. The summed E-state index contributed by atoms with van der Waals surface area (Å²) in [4.78, 5) is 13.8. The lowest BCUT2D eigenvalue weighted by Crippen LogP contribution is -2.44. The minimum atomic E-state index is -0.711. The molecular formula is C10H16N2O2S. The number of hydrogen-bond donors (Lipinski definition) is 1. The Hall–Kier alpha value is -0.680. The summed E-state index contributed by atoms with van der Waals surface area (Å²) in [5.74, 6) is 1.39. The summed E-state index contributed by atoms with van der Waals surface area (Å²) in [6.07, 6.45) is 0. The van der Waals surface area contributed by atoms with Gasteiger partial charge in [0.15, 0.2) is 0 Å². The molecule has 5 heteroatoms. The van der Waals surface area contributed by atoms with Crippen molar-refractivity contribution in [1.82, 2.24) is 10.2 Å². The Balaban J connectivity index is 1.99. The van der Waals surface area contributed by atoms with Crippen LogP contribution < -0.4 is 5.32 Å². The molecule has 0 bridgehead atoms. The molecule has 0 aromatic heterocycles. The molecule has 2 fully saturated rings. The molecule has 0 aromatic rings. The van der Waals surface area contributed by atoms with Crippen LogP contribution in [0.5, 0.6) is 0 Å². The highest BCUT2D eigenvalue weighted by Gasteiger charge is 2.24. The van der Waals surface area contributed by atoms with Crippen molar-refractivity contribution in [2.24, 2.45) is 0 Å². The second kappa shape index (κ2) is 4.45. The van der Waals surface area contributed by atoms with Crippen LogP contribution in [0.3, 0.4) is 0 Å². The predicted molar refractivity (Wildman–Crippen MR) is 60.0 cm³/mol. The van der Waals surface area contributed by atoms with E-state index in [9.17, 15) is 9.00 Å². The summed E-state index contributed by atoms with van der Waals surface area (Å²) < 4.78 is 11.2. The second-order valence-electron chi connectivity index (χ2n) is 3.97. The van der Waals surface area contributed by atoms with Gasteiger partial charge in [-0.2, -0.15) is 0 Å². The molecule has 0 spiro atoms. The molecule has 0 saturated carbocycles. The molecule has 84 valence electrons. The molecule has 2 rings (SSSR count). The zero-order chi connectivity index (χ0) is 10.8. The SMILES string of the molecule is CC(C(=O)N1CCS(=O)CC1)=C1CNC1. The van der Waals surface area contributed by atoms with Crippen molar-refractivity contribution >= 4 is 16.7 Å². The third-order valence-corrected chi connectivity index (χ3v) is 4.27. The van der Waals surface area contributed by atoms with Gasteiger partial charge in [-0.05, 0) is 12.5 Å². The normalized spacial score (nSPS) is 22.5. The lowest BCUT2D eigenvalue weighted by Gasteiger charge is -2.29. The molecule has 2 aliphatic rings. The van der Waals surface area contributed by atoms with Crippen LogP contribution in [0.2, 0.25) is 0 Å². The molecule has 2 saturated heterocycles. The molecule has 1 N–H and O–H groups in total. The maximum Gasteiger partial charge on any atom is 0.249 e. The Labute approximate surface area is 92.2 Å².